The lowest BCUT2D eigenvalue weighted by Gasteiger charge is -2.31. The molecule has 1 fully saturated rings. The molecule has 1 heterocycles. The molecule has 0 bridgehead atoms. The van der Waals surface area contributed by atoms with Gasteiger partial charge in [0.05, 0.1) is 12.1 Å². The zero-order valence-electron chi connectivity index (χ0n) is 19.2. The number of likely N-dealkylation sites (tertiary alicyclic amines) is 1. The van der Waals surface area contributed by atoms with E-state index in [9.17, 15) is 29.4 Å². The summed E-state index contributed by atoms with van der Waals surface area (Å²) in [5.41, 5.74) is 6.83. The third-order valence-electron chi connectivity index (χ3n) is 5.75. The van der Waals surface area contributed by atoms with E-state index in [0.29, 0.717) is 19.4 Å². The number of nitrogens with one attached hydrogen (secondary N) is 2. The average molecular weight is 463 g/mol. The quantitative estimate of drug-likeness (QED) is 0.317. The lowest BCUT2D eigenvalue weighted by atomic mass is 10.0. The number of hydrogen-bond donors (Lipinski definition) is 5. The minimum absolute atomic E-state index is 0.249. The summed E-state index contributed by atoms with van der Waals surface area (Å²) in [6.45, 7) is 5.08. The minimum atomic E-state index is -1.33. The number of carbonyl (C=O) groups excluding carboxylic acids is 3. The molecule has 0 radical (unpaired) electrons. The van der Waals surface area contributed by atoms with E-state index in [1.165, 1.54) is 11.8 Å². The van der Waals surface area contributed by atoms with Crippen LogP contribution >= 0.6 is 0 Å². The molecule has 1 saturated heterocycles. The summed E-state index contributed by atoms with van der Waals surface area (Å²) in [7, 11) is 0. The first-order valence-corrected chi connectivity index (χ1v) is 11.1. The molecule has 0 saturated carbocycles. The molecule has 1 aromatic carbocycles. The van der Waals surface area contributed by atoms with Crippen molar-refractivity contribution < 1.29 is 29.4 Å². The summed E-state index contributed by atoms with van der Waals surface area (Å²) in [4.78, 5) is 51.3. The second kappa shape index (κ2) is 11.8. The SMILES string of the molecule is CC(C)C(NC(=O)C(NC(=O)C(N)Cc1ccccc1)C(C)O)C(=O)N1CCCC1C(=O)O. The van der Waals surface area contributed by atoms with Crippen molar-refractivity contribution in [1.29, 1.82) is 0 Å². The highest BCUT2D eigenvalue weighted by Crippen LogP contribution is 2.20. The van der Waals surface area contributed by atoms with Crippen LogP contribution in [0.3, 0.4) is 0 Å². The Kier molecular flexibility index (Phi) is 9.36. The number of amides is 3. The largest absolute Gasteiger partial charge is 0.480 e. The highest BCUT2D eigenvalue weighted by atomic mass is 16.4. The van der Waals surface area contributed by atoms with Crippen LogP contribution in [0.4, 0.5) is 0 Å². The Morgan fingerprint density at radius 3 is 2.21 bits per heavy atom. The van der Waals surface area contributed by atoms with Gasteiger partial charge < -0.3 is 31.5 Å². The topological polar surface area (TPSA) is 162 Å². The fourth-order valence-electron chi connectivity index (χ4n) is 3.85. The zero-order valence-corrected chi connectivity index (χ0v) is 19.2. The van der Waals surface area contributed by atoms with Gasteiger partial charge in [-0.15, -0.1) is 0 Å². The molecular formula is C23H34N4O6. The van der Waals surface area contributed by atoms with Crippen molar-refractivity contribution in [2.75, 3.05) is 6.54 Å². The van der Waals surface area contributed by atoms with Gasteiger partial charge in [0.1, 0.15) is 18.1 Å². The highest BCUT2D eigenvalue weighted by Gasteiger charge is 2.39. The van der Waals surface area contributed by atoms with E-state index < -0.39 is 54.0 Å². The molecule has 5 unspecified atom stereocenters. The number of aliphatic hydroxyl groups is 1. The first-order valence-electron chi connectivity index (χ1n) is 11.1. The molecule has 1 aliphatic rings. The smallest absolute Gasteiger partial charge is 0.326 e. The van der Waals surface area contributed by atoms with Crippen molar-refractivity contribution >= 4 is 23.7 Å². The Labute approximate surface area is 193 Å². The van der Waals surface area contributed by atoms with Gasteiger partial charge in [0.25, 0.3) is 0 Å². The number of carboxylic acid groups (broad SMARTS) is 1. The summed E-state index contributed by atoms with van der Waals surface area (Å²) >= 11 is 0. The van der Waals surface area contributed by atoms with Gasteiger partial charge in [0.2, 0.25) is 17.7 Å². The van der Waals surface area contributed by atoms with Crippen LogP contribution in [0.15, 0.2) is 30.3 Å². The van der Waals surface area contributed by atoms with Crippen LogP contribution in [0.2, 0.25) is 0 Å². The second-order valence-electron chi connectivity index (χ2n) is 8.78. The van der Waals surface area contributed by atoms with Crippen LogP contribution in [-0.2, 0) is 25.6 Å². The van der Waals surface area contributed by atoms with E-state index >= 15 is 0 Å². The molecule has 6 N–H and O–H groups in total. The minimum Gasteiger partial charge on any atom is -0.480 e. The van der Waals surface area contributed by atoms with Crippen molar-refractivity contribution in [3.8, 4) is 0 Å². The Bertz CT molecular complexity index is 845. The third kappa shape index (κ3) is 7.00. The van der Waals surface area contributed by atoms with Gasteiger partial charge in [0.15, 0.2) is 0 Å². The molecule has 1 aromatic rings. The third-order valence-corrected chi connectivity index (χ3v) is 5.75. The first-order chi connectivity index (χ1) is 15.5. The molecule has 182 valence electrons. The van der Waals surface area contributed by atoms with Gasteiger partial charge in [-0.3, -0.25) is 14.4 Å². The highest BCUT2D eigenvalue weighted by molar-refractivity contribution is 5.94. The molecule has 5 atom stereocenters. The van der Waals surface area contributed by atoms with E-state index in [1.54, 1.807) is 13.8 Å². The Morgan fingerprint density at radius 2 is 1.67 bits per heavy atom. The second-order valence-corrected chi connectivity index (χ2v) is 8.78. The van der Waals surface area contributed by atoms with Crippen LogP contribution in [0.1, 0.15) is 39.2 Å². The first kappa shape index (κ1) is 26.3. The monoisotopic (exact) mass is 462 g/mol. The number of benzene rings is 1. The van der Waals surface area contributed by atoms with Gasteiger partial charge in [-0.25, -0.2) is 4.79 Å². The Hall–Kier alpha value is -2.98. The van der Waals surface area contributed by atoms with Gasteiger partial charge in [-0.05, 0) is 37.7 Å². The number of nitrogens with two attached hydrogens (primary N) is 1. The van der Waals surface area contributed by atoms with Crippen molar-refractivity contribution in [1.82, 2.24) is 15.5 Å². The Balaban J connectivity index is 2.07. The maximum Gasteiger partial charge on any atom is 0.326 e. The number of nitrogens with zero attached hydrogens (tertiary/aromatic N) is 1. The maximum absolute atomic E-state index is 13.0. The van der Waals surface area contributed by atoms with Crippen LogP contribution in [0.5, 0.6) is 0 Å². The fraction of sp³-hybridized carbons (Fsp3) is 0.565. The molecule has 0 spiro atoms. The molecule has 10 heteroatoms. The van der Waals surface area contributed by atoms with Gasteiger partial charge in [0, 0.05) is 6.54 Å². The lowest BCUT2D eigenvalue weighted by molar-refractivity contribution is -0.150. The maximum atomic E-state index is 13.0. The van der Waals surface area contributed by atoms with E-state index in [2.05, 4.69) is 10.6 Å². The Morgan fingerprint density at radius 1 is 1.06 bits per heavy atom. The number of rotatable bonds is 10. The number of hydrogen-bond acceptors (Lipinski definition) is 6. The van der Waals surface area contributed by atoms with Crippen LogP contribution in [0, 0.1) is 5.92 Å². The van der Waals surface area contributed by atoms with E-state index in [1.807, 2.05) is 30.3 Å². The summed E-state index contributed by atoms with van der Waals surface area (Å²) < 4.78 is 0. The van der Waals surface area contributed by atoms with Crippen molar-refractivity contribution in [3.63, 3.8) is 0 Å². The predicted molar refractivity (Wildman–Crippen MR) is 121 cm³/mol. The average Bonchev–Trinajstić information content (AvgIpc) is 3.25. The molecule has 10 nitrogen and oxygen atoms in total. The summed E-state index contributed by atoms with van der Waals surface area (Å²) in [5.74, 6) is -3.29. The van der Waals surface area contributed by atoms with Crippen molar-refractivity contribution in [2.45, 2.75) is 70.3 Å². The fourth-order valence-corrected chi connectivity index (χ4v) is 3.85. The summed E-state index contributed by atoms with van der Waals surface area (Å²) in [5, 5.41) is 24.6. The molecule has 3 amide bonds. The molecular weight excluding hydrogens is 428 g/mol. The number of aliphatic hydroxyl groups excluding tert-OH is 1. The van der Waals surface area contributed by atoms with Gasteiger partial charge in [-0.2, -0.15) is 0 Å². The van der Waals surface area contributed by atoms with Crippen LogP contribution in [0.25, 0.3) is 0 Å². The van der Waals surface area contributed by atoms with Crippen LogP contribution in [-0.4, -0.2) is 75.6 Å². The number of aliphatic carboxylic acids is 1. The molecule has 0 aromatic heterocycles. The van der Waals surface area contributed by atoms with Crippen LogP contribution < -0.4 is 16.4 Å². The van der Waals surface area contributed by atoms with Crippen molar-refractivity contribution in [3.05, 3.63) is 35.9 Å². The molecule has 0 aliphatic carbocycles. The normalized spacial score (nSPS) is 19.5. The summed E-state index contributed by atoms with van der Waals surface area (Å²) in [6.07, 6.45) is -0.0858. The molecule has 33 heavy (non-hydrogen) atoms. The van der Waals surface area contributed by atoms with E-state index in [4.69, 9.17) is 5.73 Å². The zero-order chi connectivity index (χ0) is 24.7. The molecule has 1 aliphatic heterocycles. The van der Waals surface area contributed by atoms with Gasteiger partial charge in [-0.1, -0.05) is 44.2 Å². The van der Waals surface area contributed by atoms with E-state index in [-0.39, 0.29) is 12.3 Å². The predicted octanol–water partition coefficient (Wildman–Crippen LogP) is -0.362. The van der Waals surface area contributed by atoms with Crippen molar-refractivity contribution in [2.24, 2.45) is 11.7 Å². The standard InChI is InChI=1S/C23H34N4O6/c1-13(2)18(22(31)27-11-7-10-17(27)23(32)33)25-21(30)19(14(3)28)26-20(29)16(24)12-15-8-5-4-6-9-15/h4-6,8-9,13-14,16-19,28H,7,10-12,24H2,1-3H3,(H,25,30)(H,26,29)(H,32,33). The molecule has 2 rings (SSSR count). The summed E-state index contributed by atoms with van der Waals surface area (Å²) in [6, 6.07) is 4.94. The van der Waals surface area contributed by atoms with Gasteiger partial charge >= 0.3 is 5.97 Å². The number of carboxylic acids is 1. The van der Waals surface area contributed by atoms with E-state index in [0.717, 1.165) is 5.56 Å². The lowest BCUT2D eigenvalue weighted by Crippen LogP contribution is -2.60. The number of carbonyl (C=O) groups is 4.